The Bertz CT molecular complexity index is 410. The molecule has 1 rings (SSSR count). The Labute approximate surface area is 128 Å². The molecule has 1 aromatic rings. The minimum Gasteiger partial charge on any atom is -0.493 e. The van der Waals surface area contributed by atoms with E-state index < -0.39 is 0 Å². The first-order valence-electron chi connectivity index (χ1n) is 7.45. The molecule has 0 radical (unpaired) electrons. The average Bonchev–Trinajstić information content (AvgIpc) is 2.32. The van der Waals surface area contributed by atoms with Gasteiger partial charge in [0.05, 0.1) is 6.61 Å². The Hall–Kier alpha value is -0.730. The van der Waals surface area contributed by atoms with E-state index in [1.807, 2.05) is 18.2 Å². The van der Waals surface area contributed by atoms with Crippen LogP contribution in [0, 0.1) is 5.92 Å². The largest absolute Gasteiger partial charge is 0.493 e. The van der Waals surface area contributed by atoms with Crippen molar-refractivity contribution in [1.82, 2.24) is 5.32 Å². The lowest BCUT2D eigenvalue weighted by Crippen LogP contribution is -2.35. The van der Waals surface area contributed by atoms with Gasteiger partial charge in [0.15, 0.2) is 0 Å². The van der Waals surface area contributed by atoms with Crippen molar-refractivity contribution >= 4 is 11.6 Å². The summed E-state index contributed by atoms with van der Waals surface area (Å²) in [6, 6.07) is 5.86. The van der Waals surface area contributed by atoms with Crippen LogP contribution >= 0.6 is 11.6 Å². The number of hydrogen-bond acceptors (Lipinski definition) is 2. The predicted molar refractivity (Wildman–Crippen MR) is 87.6 cm³/mol. The maximum Gasteiger partial charge on any atom is 0.125 e. The number of benzene rings is 1. The maximum absolute atomic E-state index is 6.30. The van der Waals surface area contributed by atoms with Gasteiger partial charge in [0.1, 0.15) is 5.75 Å². The molecule has 20 heavy (non-hydrogen) atoms. The van der Waals surface area contributed by atoms with Crippen molar-refractivity contribution in [3.05, 3.63) is 28.8 Å². The van der Waals surface area contributed by atoms with Crippen LogP contribution in [-0.2, 0) is 6.54 Å². The quantitative estimate of drug-likeness (QED) is 0.712. The fraction of sp³-hybridized carbons (Fsp3) is 0.647. The van der Waals surface area contributed by atoms with Gasteiger partial charge in [0.2, 0.25) is 0 Å². The van der Waals surface area contributed by atoms with E-state index in [2.05, 4.69) is 39.9 Å². The van der Waals surface area contributed by atoms with E-state index in [1.165, 1.54) is 6.42 Å². The first-order valence-corrected chi connectivity index (χ1v) is 7.82. The molecule has 0 atom stereocenters. The van der Waals surface area contributed by atoms with Gasteiger partial charge in [-0.1, -0.05) is 31.5 Å². The van der Waals surface area contributed by atoms with E-state index in [-0.39, 0.29) is 5.54 Å². The van der Waals surface area contributed by atoms with Crippen molar-refractivity contribution in [2.45, 2.75) is 59.5 Å². The van der Waals surface area contributed by atoms with Crippen LogP contribution in [0.4, 0.5) is 0 Å². The van der Waals surface area contributed by atoms with E-state index in [0.29, 0.717) is 0 Å². The molecule has 0 saturated heterocycles. The van der Waals surface area contributed by atoms with Gasteiger partial charge in [-0.2, -0.15) is 0 Å². The molecule has 0 amide bonds. The number of ether oxygens (including phenoxy) is 1. The van der Waals surface area contributed by atoms with E-state index in [4.69, 9.17) is 16.3 Å². The molecule has 3 heteroatoms. The van der Waals surface area contributed by atoms with Gasteiger partial charge in [0, 0.05) is 22.7 Å². The van der Waals surface area contributed by atoms with E-state index in [1.54, 1.807) is 0 Å². The maximum atomic E-state index is 6.30. The van der Waals surface area contributed by atoms with E-state index in [9.17, 15) is 0 Å². The molecule has 2 nitrogen and oxygen atoms in total. The standard InChI is InChI=1S/C17H28ClNO/c1-13(2)8-7-11-20-16-10-6-9-15(18)14(16)12-19-17(3,4)5/h6,9-10,13,19H,7-8,11-12H2,1-5H3. The Morgan fingerprint density at radius 3 is 2.55 bits per heavy atom. The lowest BCUT2D eigenvalue weighted by Gasteiger charge is -2.22. The molecule has 0 aliphatic carbocycles. The molecule has 0 aromatic heterocycles. The molecule has 0 fully saturated rings. The second kappa shape index (κ2) is 7.90. The highest BCUT2D eigenvalue weighted by molar-refractivity contribution is 6.31. The zero-order chi connectivity index (χ0) is 15.2. The molecule has 114 valence electrons. The van der Waals surface area contributed by atoms with Gasteiger partial charge >= 0.3 is 0 Å². The molecule has 0 spiro atoms. The van der Waals surface area contributed by atoms with Crippen LogP contribution in [-0.4, -0.2) is 12.1 Å². The smallest absolute Gasteiger partial charge is 0.125 e. The van der Waals surface area contributed by atoms with Gasteiger partial charge in [-0.05, 0) is 51.7 Å². The van der Waals surface area contributed by atoms with Gasteiger partial charge in [0.25, 0.3) is 0 Å². The highest BCUT2D eigenvalue weighted by Gasteiger charge is 2.13. The third kappa shape index (κ3) is 6.62. The van der Waals surface area contributed by atoms with Crippen molar-refractivity contribution in [1.29, 1.82) is 0 Å². The van der Waals surface area contributed by atoms with Crippen molar-refractivity contribution in [2.75, 3.05) is 6.61 Å². The molecule has 0 saturated carbocycles. The zero-order valence-electron chi connectivity index (χ0n) is 13.4. The summed E-state index contributed by atoms with van der Waals surface area (Å²) in [5, 5.41) is 4.23. The van der Waals surface area contributed by atoms with Gasteiger partial charge in [-0.3, -0.25) is 0 Å². The molecule has 1 N–H and O–H groups in total. The monoisotopic (exact) mass is 297 g/mol. The van der Waals surface area contributed by atoms with Crippen molar-refractivity contribution in [2.24, 2.45) is 5.92 Å². The lowest BCUT2D eigenvalue weighted by molar-refractivity contribution is 0.293. The summed E-state index contributed by atoms with van der Waals surface area (Å²) < 4.78 is 5.91. The zero-order valence-corrected chi connectivity index (χ0v) is 14.2. The number of hydrogen-bond donors (Lipinski definition) is 1. The van der Waals surface area contributed by atoms with E-state index in [0.717, 1.165) is 41.8 Å². The Morgan fingerprint density at radius 2 is 1.95 bits per heavy atom. The molecular weight excluding hydrogens is 270 g/mol. The Kier molecular flexibility index (Phi) is 6.84. The number of halogens is 1. The molecular formula is C17H28ClNO. The third-order valence-electron chi connectivity index (χ3n) is 3.05. The summed E-state index contributed by atoms with van der Waals surface area (Å²) in [4.78, 5) is 0. The highest BCUT2D eigenvalue weighted by Crippen LogP contribution is 2.27. The van der Waals surface area contributed by atoms with Crippen LogP contribution in [0.25, 0.3) is 0 Å². The fourth-order valence-electron chi connectivity index (χ4n) is 1.87. The number of nitrogens with one attached hydrogen (secondary N) is 1. The van der Waals surface area contributed by atoms with Crippen molar-refractivity contribution in [3.63, 3.8) is 0 Å². The van der Waals surface area contributed by atoms with E-state index >= 15 is 0 Å². The van der Waals surface area contributed by atoms with Crippen LogP contribution in [0.1, 0.15) is 53.0 Å². The first-order chi connectivity index (χ1) is 9.29. The van der Waals surface area contributed by atoms with Crippen molar-refractivity contribution < 1.29 is 4.74 Å². The normalized spacial score (nSPS) is 11.9. The molecule has 0 aliphatic heterocycles. The van der Waals surface area contributed by atoms with Crippen LogP contribution in [0.3, 0.4) is 0 Å². The van der Waals surface area contributed by atoms with Crippen LogP contribution < -0.4 is 10.1 Å². The van der Waals surface area contributed by atoms with Gasteiger partial charge < -0.3 is 10.1 Å². The molecule has 0 heterocycles. The molecule has 0 aliphatic rings. The lowest BCUT2D eigenvalue weighted by atomic mass is 10.1. The average molecular weight is 298 g/mol. The minimum atomic E-state index is 0.0636. The topological polar surface area (TPSA) is 21.3 Å². The Balaban J connectivity index is 2.63. The third-order valence-corrected chi connectivity index (χ3v) is 3.41. The molecule has 0 bridgehead atoms. The second-order valence-electron chi connectivity index (χ2n) is 6.70. The summed E-state index contributed by atoms with van der Waals surface area (Å²) >= 11 is 6.30. The van der Waals surface area contributed by atoms with Gasteiger partial charge in [-0.25, -0.2) is 0 Å². The number of rotatable bonds is 7. The van der Waals surface area contributed by atoms with Crippen LogP contribution in [0.5, 0.6) is 5.75 Å². The SMILES string of the molecule is CC(C)CCCOc1cccc(Cl)c1CNC(C)(C)C. The highest BCUT2D eigenvalue weighted by atomic mass is 35.5. The summed E-state index contributed by atoms with van der Waals surface area (Å²) in [5.74, 6) is 1.62. The minimum absolute atomic E-state index is 0.0636. The van der Waals surface area contributed by atoms with Crippen molar-refractivity contribution in [3.8, 4) is 5.75 Å². The van der Waals surface area contributed by atoms with Gasteiger partial charge in [-0.15, -0.1) is 0 Å². The van der Waals surface area contributed by atoms with Crippen LogP contribution in [0.2, 0.25) is 5.02 Å². The molecule has 1 aromatic carbocycles. The predicted octanol–water partition coefficient (Wildman–Crippen LogP) is 5.04. The second-order valence-corrected chi connectivity index (χ2v) is 7.11. The summed E-state index contributed by atoms with van der Waals surface area (Å²) in [5.41, 5.74) is 1.11. The Morgan fingerprint density at radius 1 is 1.25 bits per heavy atom. The summed E-state index contributed by atoms with van der Waals surface area (Å²) in [7, 11) is 0. The first kappa shape index (κ1) is 17.3. The van der Waals surface area contributed by atoms with Crippen LogP contribution in [0.15, 0.2) is 18.2 Å². The summed E-state index contributed by atoms with van der Waals surface area (Å²) in [6.07, 6.45) is 2.27. The summed E-state index contributed by atoms with van der Waals surface area (Å²) in [6.45, 7) is 12.4. The fourth-order valence-corrected chi connectivity index (χ4v) is 2.11. The molecule has 0 unspecified atom stereocenters.